The van der Waals surface area contributed by atoms with Crippen LogP contribution in [-0.2, 0) is 17.1 Å². The molecule has 3 heterocycles. The van der Waals surface area contributed by atoms with Crippen molar-refractivity contribution in [3.05, 3.63) is 57.8 Å². The molecule has 1 N–H and O–H groups in total. The van der Waals surface area contributed by atoms with Crippen molar-refractivity contribution >= 4 is 23.1 Å². The summed E-state index contributed by atoms with van der Waals surface area (Å²) in [6.07, 6.45) is -7.74. The van der Waals surface area contributed by atoms with Gasteiger partial charge in [-0.05, 0) is 30.7 Å². The number of aromatic nitrogens is 1. The number of nitro groups is 1. The largest absolute Gasteiger partial charge is 0.423 e. The number of hydrogen-bond acceptors (Lipinski definition) is 7. The summed E-state index contributed by atoms with van der Waals surface area (Å²) in [4.78, 5) is 32.1. The molecule has 2 aliphatic rings. The van der Waals surface area contributed by atoms with Gasteiger partial charge in [0.2, 0.25) is 5.91 Å². The number of carbonyl (C=O) groups is 1. The number of alkyl halides is 6. The third-order valence-corrected chi connectivity index (χ3v) is 6.82. The molecule has 0 saturated carbocycles. The zero-order chi connectivity index (χ0) is 28.4. The molecule has 1 atom stereocenters. The van der Waals surface area contributed by atoms with Crippen LogP contribution in [0.15, 0.2) is 36.5 Å². The Balaban J connectivity index is 1.22. The Hall–Kier alpha value is -3.62. The van der Waals surface area contributed by atoms with Gasteiger partial charge < -0.3 is 15.1 Å². The van der Waals surface area contributed by atoms with Crippen LogP contribution in [0.5, 0.6) is 0 Å². The van der Waals surface area contributed by atoms with Gasteiger partial charge in [-0.2, -0.15) is 26.3 Å². The van der Waals surface area contributed by atoms with Gasteiger partial charge in [0.15, 0.2) is 0 Å². The Morgan fingerprint density at radius 1 is 1.03 bits per heavy atom. The van der Waals surface area contributed by atoms with Crippen LogP contribution in [0.3, 0.4) is 0 Å². The van der Waals surface area contributed by atoms with Gasteiger partial charge in [-0.15, -0.1) is 0 Å². The monoisotopic (exact) mass is 560 g/mol. The van der Waals surface area contributed by atoms with E-state index in [9.17, 15) is 41.3 Å². The van der Waals surface area contributed by atoms with Gasteiger partial charge in [-0.1, -0.05) is 0 Å². The van der Waals surface area contributed by atoms with Crippen molar-refractivity contribution in [2.45, 2.75) is 31.2 Å². The molecule has 39 heavy (non-hydrogen) atoms. The molecule has 0 unspecified atom stereocenters. The third-order valence-electron chi connectivity index (χ3n) is 6.82. The summed E-state index contributed by atoms with van der Waals surface area (Å²) in [5.41, 5.74) is -3.07. The number of hydrogen-bond donors (Lipinski definition) is 1. The van der Waals surface area contributed by atoms with Crippen LogP contribution >= 0.6 is 0 Å². The van der Waals surface area contributed by atoms with E-state index in [1.165, 1.54) is 12.1 Å². The fraction of sp³-hybridized carbons (Fsp3) is 0.500. The summed E-state index contributed by atoms with van der Waals surface area (Å²) in [6, 6.07) is 4.80. The molecule has 1 amide bonds. The third kappa shape index (κ3) is 7.07. The van der Waals surface area contributed by atoms with E-state index in [0.29, 0.717) is 64.1 Å². The average molecular weight is 560 g/mol. The molecular formula is C24H26F6N6O3. The smallest absolute Gasteiger partial charge is 0.380 e. The van der Waals surface area contributed by atoms with Crippen molar-refractivity contribution in [2.75, 3.05) is 56.0 Å². The molecule has 2 aliphatic heterocycles. The number of nitrogens with zero attached hydrogens (tertiary/aromatic N) is 5. The number of benzene rings is 1. The van der Waals surface area contributed by atoms with E-state index in [2.05, 4.69) is 15.2 Å². The van der Waals surface area contributed by atoms with E-state index < -0.39 is 34.1 Å². The van der Waals surface area contributed by atoms with Crippen molar-refractivity contribution in [1.29, 1.82) is 0 Å². The standard InChI is InChI=1S/C24H26F6N6O3/c25-23(26,27)16-1-4-21(31-14-16)34-11-9-33(10-12-34)7-6-22(37)35-8-5-18(15-35)32-17-2-3-20(36(38)39)19(13-17)24(28,29)30/h1-4,13-14,18,32H,5-12,15H2/t18-/m0/s1. The van der Waals surface area contributed by atoms with E-state index in [4.69, 9.17) is 0 Å². The number of likely N-dealkylation sites (tertiary alicyclic amines) is 1. The predicted molar refractivity (Wildman–Crippen MR) is 129 cm³/mol. The Labute approximate surface area is 219 Å². The van der Waals surface area contributed by atoms with Gasteiger partial charge in [0.25, 0.3) is 5.69 Å². The number of rotatable bonds is 7. The highest BCUT2D eigenvalue weighted by atomic mass is 19.4. The maximum atomic E-state index is 13.2. The molecule has 212 valence electrons. The summed E-state index contributed by atoms with van der Waals surface area (Å²) in [5, 5.41) is 13.9. The van der Waals surface area contributed by atoms with E-state index in [1.807, 2.05) is 4.90 Å². The van der Waals surface area contributed by atoms with E-state index in [0.717, 1.165) is 18.3 Å². The zero-order valence-electron chi connectivity index (χ0n) is 20.6. The van der Waals surface area contributed by atoms with Crippen molar-refractivity contribution in [3.63, 3.8) is 0 Å². The quantitative estimate of drug-likeness (QED) is 0.307. The summed E-state index contributed by atoms with van der Waals surface area (Å²) in [6.45, 7) is 3.56. The second-order valence-electron chi connectivity index (χ2n) is 9.44. The van der Waals surface area contributed by atoms with Gasteiger partial charge in [-0.3, -0.25) is 19.8 Å². The first-order valence-electron chi connectivity index (χ1n) is 12.2. The Bertz CT molecular complexity index is 1180. The molecule has 1 aromatic heterocycles. The number of nitrogens with one attached hydrogen (secondary N) is 1. The highest BCUT2D eigenvalue weighted by molar-refractivity contribution is 5.77. The highest BCUT2D eigenvalue weighted by Gasteiger charge is 2.39. The van der Waals surface area contributed by atoms with Crippen molar-refractivity contribution in [3.8, 4) is 0 Å². The number of anilines is 2. The normalized spacial score (nSPS) is 18.9. The van der Waals surface area contributed by atoms with Gasteiger partial charge in [0.05, 0.1) is 10.5 Å². The second-order valence-corrected chi connectivity index (χ2v) is 9.44. The van der Waals surface area contributed by atoms with Crippen molar-refractivity contribution < 1.29 is 36.1 Å². The minimum absolute atomic E-state index is 0.0904. The van der Waals surface area contributed by atoms with Gasteiger partial charge in [0.1, 0.15) is 11.4 Å². The van der Waals surface area contributed by atoms with Crippen molar-refractivity contribution in [1.82, 2.24) is 14.8 Å². The molecule has 9 nitrogen and oxygen atoms in total. The number of halogens is 6. The number of pyridine rings is 1. The van der Waals surface area contributed by atoms with Crippen LogP contribution < -0.4 is 10.2 Å². The predicted octanol–water partition coefficient (Wildman–Crippen LogP) is 4.25. The molecule has 0 radical (unpaired) electrons. The summed E-state index contributed by atoms with van der Waals surface area (Å²) < 4.78 is 77.9. The first-order chi connectivity index (χ1) is 18.3. The van der Waals surface area contributed by atoms with E-state index in [1.54, 1.807) is 4.90 Å². The van der Waals surface area contributed by atoms with Crippen LogP contribution in [0.1, 0.15) is 24.0 Å². The lowest BCUT2D eigenvalue weighted by atomic mass is 10.1. The summed E-state index contributed by atoms with van der Waals surface area (Å²) in [7, 11) is 0. The highest BCUT2D eigenvalue weighted by Crippen LogP contribution is 2.38. The van der Waals surface area contributed by atoms with E-state index >= 15 is 0 Å². The molecule has 4 rings (SSSR count). The van der Waals surface area contributed by atoms with Crippen LogP contribution in [0.4, 0.5) is 43.5 Å². The molecule has 0 aliphatic carbocycles. The van der Waals surface area contributed by atoms with Crippen molar-refractivity contribution in [2.24, 2.45) is 0 Å². The lowest BCUT2D eigenvalue weighted by molar-refractivity contribution is -0.388. The maximum absolute atomic E-state index is 13.2. The minimum Gasteiger partial charge on any atom is -0.380 e. The van der Waals surface area contributed by atoms with E-state index in [-0.39, 0.29) is 24.1 Å². The molecule has 1 aromatic carbocycles. The molecule has 0 spiro atoms. The fourth-order valence-electron chi connectivity index (χ4n) is 4.71. The Morgan fingerprint density at radius 2 is 1.74 bits per heavy atom. The fourth-order valence-corrected chi connectivity index (χ4v) is 4.71. The van der Waals surface area contributed by atoms with Gasteiger partial charge >= 0.3 is 12.4 Å². The SMILES string of the molecule is O=C(CCN1CCN(c2ccc(C(F)(F)F)cn2)CC1)N1CC[C@H](Nc2ccc([N+](=O)[O-])c(C(F)(F)F)c2)C1. The first kappa shape index (κ1) is 28.4. The molecule has 2 fully saturated rings. The number of amides is 1. The van der Waals surface area contributed by atoms with Crippen LogP contribution in [0.2, 0.25) is 0 Å². The molecule has 2 saturated heterocycles. The van der Waals surface area contributed by atoms with Gasteiger partial charge in [-0.25, -0.2) is 4.98 Å². The number of piperazine rings is 1. The van der Waals surface area contributed by atoms with Gasteiger partial charge in [0, 0.05) is 76.2 Å². The maximum Gasteiger partial charge on any atom is 0.423 e. The summed E-state index contributed by atoms with van der Waals surface area (Å²) >= 11 is 0. The Kier molecular flexibility index (Phi) is 8.18. The second kappa shape index (κ2) is 11.2. The molecule has 0 bridgehead atoms. The molecule has 2 aromatic rings. The zero-order valence-corrected chi connectivity index (χ0v) is 20.6. The molecule has 15 heteroatoms. The lowest BCUT2D eigenvalue weighted by Gasteiger charge is -2.35. The first-order valence-corrected chi connectivity index (χ1v) is 12.2. The summed E-state index contributed by atoms with van der Waals surface area (Å²) in [5.74, 6) is 0.371. The van der Waals surface area contributed by atoms with Crippen LogP contribution in [0.25, 0.3) is 0 Å². The number of carbonyl (C=O) groups excluding carboxylic acids is 1. The van der Waals surface area contributed by atoms with Crippen LogP contribution in [-0.4, -0.2) is 77.5 Å². The lowest BCUT2D eigenvalue weighted by Crippen LogP contribution is -2.47. The average Bonchev–Trinajstić information content (AvgIpc) is 3.35. The molecular weight excluding hydrogens is 534 g/mol. The topological polar surface area (TPSA) is 94.9 Å². The minimum atomic E-state index is -4.88. The number of nitro benzene ring substituents is 1. The van der Waals surface area contributed by atoms with Crippen LogP contribution in [0, 0.1) is 10.1 Å². The Morgan fingerprint density at radius 3 is 2.33 bits per heavy atom.